The van der Waals surface area contributed by atoms with E-state index < -0.39 is 9.84 Å². The Hall–Kier alpha value is -0.130. The van der Waals surface area contributed by atoms with Crippen molar-refractivity contribution >= 4 is 32.8 Å². The van der Waals surface area contributed by atoms with E-state index in [4.69, 9.17) is 11.6 Å². The maximum Gasteiger partial charge on any atom is 0.210 e. The zero-order valence-corrected chi connectivity index (χ0v) is 7.42. The lowest BCUT2D eigenvalue weighted by Gasteiger charge is -1.84. The first kappa shape index (κ1) is 7.97. The van der Waals surface area contributed by atoms with E-state index in [1.807, 2.05) is 0 Å². The summed E-state index contributed by atoms with van der Waals surface area (Å²) in [6.07, 6.45) is 2.42. The van der Waals surface area contributed by atoms with Crippen LogP contribution in [0.25, 0.3) is 0 Å². The van der Waals surface area contributed by atoms with E-state index in [0.717, 1.165) is 17.6 Å². The number of rotatable bonds is 1. The molecule has 0 unspecified atom stereocenters. The third-order valence-electron chi connectivity index (χ3n) is 0.773. The van der Waals surface area contributed by atoms with Crippen molar-refractivity contribution in [1.29, 1.82) is 0 Å². The van der Waals surface area contributed by atoms with Crippen molar-refractivity contribution in [2.45, 2.75) is 4.34 Å². The summed E-state index contributed by atoms with van der Waals surface area (Å²) in [5.41, 5.74) is 0. The summed E-state index contributed by atoms with van der Waals surface area (Å²) in [5, 5.41) is 0. The highest BCUT2D eigenvalue weighted by molar-refractivity contribution is 7.92. The van der Waals surface area contributed by atoms with Crippen molar-refractivity contribution in [2.24, 2.45) is 0 Å². The molecule has 0 aromatic carbocycles. The Morgan fingerprint density at radius 3 is 2.50 bits per heavy atom. The lowest BCUT2D eigenvalue weighted by molar-refractivity contribution is 0.601. The van der Waals surface area contributed by atoms with Gasteiger partial charge in [-0.15, -0.1) is 0 Å². The van der Waals surface area contributed by atoms with Gasteiger partial charge in [0.1, 0.15) is 4.34 Å². The van der Waals surface area contributed by atoms with Crippen LogP contribution in [0.4, 0.5) is 0 Å². The fourth-order valence-electron chi connectivity index (χ4n) is 0.411. The normalized spacial score (nSPS) is 11.8. The monoisotopic (exact) mass is 197 g/mol. The molecule has 6 heteroatoms. The van der Waals surface area contributed by atoms with Crippen LogP contribution in [-0.4, -0.2) is 19.7 Å². The van der Waals surface area contributed by atoms with E-state index in [9.17, 15) is 8.42 Å². The van der Waals surface area contributed by atoms with E-state index in [1.54, 1.807) is 0 Å². The molecule has 0 spiro atoms. The molecule has 0 saturated heterocycles. The predicted molar refractivity (Wildman–Crippen MR) is 40.2 cm³/mol. The zero-order valence-electron chi connectivity index (χ0n) is 5.04. The van der Waals surface area contributed by atoms with Gasteiger partial charge in [0, 0.05) is 6.26 Å². The number of halogens is 1. The van der Waals surface area contributed by atoms with Gasteiger partial charge in [-0.05, 0) is 0 Å². The number of thiazole rings is 1. The minimum atomic E-state index is -3.16. The summed E-state index contributed by atoms with van der Waals surface area (Å²) in [4.78, 5) is 3.59. The summed E-state index contributed by atoms with van der Waals surface area (Å²) in [6, 6.07) is 0. The Kier molecular flexibility index (Phi) is 1.98. The quantitative estimate of drug-likeness (QED) is 0.680. The van der Waals surface area contributed by atoms with Crippen molar-refractivity contribution in [2.75, 3.05) is 6.26 Å². The molecule has 0 aliphatic heterocycles. The average molecular weight is 198 g/mol. The van der Waals surface area contributed by atoms with Crippen LogP contribution in [0.3, 0.4) is 0 Å². The average Bonchev–Trinajstić information content (AvgIpc) is 2.11. The van der Waals surface area contributed by atoms with Crippen LogP contribution in [-0.2, 0) is 9.84 Å². The molecule has 1 heterocycles. The fraction of sp³-hybridized carbons (Fsp3) is 0.250. The lowest BCUT2D eigenvalue weighted by Crippen LogP contribution is -1.94. The minimum absolute atomic E-state index is 0.0671. The Bertz CT molecular complexity index is 329. The highest BCUT2D eigenvalue weighted by Crippen LogP contribution is 2.21. The van der Waals surface area contributed by atoms with Gasteiger partial charge in [0.05, 0.1) is 6.20 Å². The fourth-order valence-corrected chi connectivity index (χ4v) is 2.31. The molecule has 1 rings (SSSR count). The van der Waals surface area contributed by atoms with E-state index in [2.05, 4.69) is 4.98 Å². The number of hydrogen-bond donors (Lipinski definition) is 0. The molecule has 56 valence electrons. The van der Waals surface area contributed by atoms with Gasteiger partial charge >= 0.3 is 0 Å². The smallest absolute Gasteiger partial charge is 0.210 e. The molecule has 0 fully saturated rings. The Morgan fingerprint density at radius 1 is 1.70 bits per heavy atom. The van der Waals surface area contributed by atoms with Crippen molar-refractivity contribution in [3.8, 4) is 0 Å². The van der Waals surface area contributed by atoms with Crippen LogP contribution in [0.2, 0.25) is 4.34 Å². The predicted octanol–water partition coefficient (Wildman–Crippen LogP) is 1.20. The van der Waals surface area contributed by atoms with Crippen LogP contribution < -0.4 is 0 Å². The van der Waals surface area contributed by atoms with Gasteiger partial charge in [-0.1, -0.05) is 22.9 Å². The van der Waals surface area contributed by atoms with Crippen LogP contribution >= 0.6 is 22.9 Å². The molecule has 0 amide bonds. The molecule has 0 bridgehead atoms. The standard InChI is InChI=1S/C4H4ClNO2S2/c1-10(7,8)4-6-2-3(5)9-4/h2H,1H3. The van der Waals surface area contributed by atoms with Crippen LogP contribution in [0, 0.1) is 0 Å². The number of sulfone groups is 1. The first-order valence-corrected chi connectivity index (χ1v) is 5.40. The molecule has 0 radical (unpaired) electrons. The maximum absolute atomic E-state index is 10.7. The van der Waals surface area contributed by atoms with Crippen molar-refractivity contribution in [3.05, 3.63) is 10.5 Å². The molecule has 0 aliphatic rings. The molecule has 3 nitrogen and oxygen atoms in total. The summed E-state index contributed by atoms with van der Waals surface area (Å²) in [7, 11) is -3.16. The molecule has 1 aromatic heterocycles. The van der Waals surface area contributed by atoms with Crippen molar-refractivity contribution in [3.63, 3.8) is 0 Å². The van der Waals surface area contributed by atoms with Gasteiger partial charge in [-0.2, -0.15) is 0 Å². The van der Waals surface area contributed by atoms with Crippen molar-refractivity contribution < 1.29 is 8.42 Å². The highest BCUT2D eigenvalue weighted by Gasteiger charge is 2.10. The maximum atomic E-state index is 10.7. The second-order valence-corrected chi connectivity index (χ2v) is 5.55. The van der Waals surface area contributed by atoms with Gasteiger partial charge in [-0.25, -0.2) is 13.4 Å². The highest BCUT2D eigenvalue weighted by atomic mass is 35.5. The summed E-state index contributed by atoms with van der Waals surface area (Å²) < 4.78 is 21.9. The Morgan fingerprint density at radius 2 is 2.30 bits per heavy atom. The van der Waals surface area contributed by atoms with Gasteiger partial charge in [0.2, 0.25) is 14.2 Å². The third kappa shape index (κ3) is 1.68. The van der Waals surface area contributed by atoms with Gasteiger partial charge in [0.15, 0.2) is 0 Å². The molecular formula is C4H4ClNO2S2. The molecule has 0 aliphatic carbocycles. The minimum Gasteiger partial charge on any atom is -0.232 e. The molecule has 0 N–H and O–H groups in total. The molecular weight excluding hydrogens is 194 g/mol. The van der Waals surface area contributed by atoms with E-state index in [0.29, 0.717) is 4.34 Å². The summed E-state index contributed by atoms with van der Waals surface area (Å²) >= 11 is 6.42. The zero-order chi connectivity index (χ0) is 7.78. The summed E-state index contributed by atoms with van der Waals surface area (Å²) in [6.45, 7) is 0. The topological polar surface area (TPSA) is 47.0 Å². The Labute approximate surface area is 67.6 Å². The van der Waals surface area contributed by atoms with E-state index in [-0.39, 0.29) is 4.34 Å². The van der Waals surface area contributed by atoms with Gasteiger partial charge < -0.3 is 0 Å². The SMILES string of the molecule is CS(=O)(=O)c1ncc(Cl)s1. The lowest BCUT2D eigenvalue weighted by atomic mass is 11.0. The van der Waals surface area contributed by atoms with E-state index in [1.165, 1.54) is 6.20 Å². The Balaban J connectivity index is 3.21. The van der Waals surface area contributed by atoms with Gasteiger partial charge in [0.25, 0.3) is 0 Å². The number of hydrogen-bond acceptors (Lipinski definition) is 4. The van der Waals surface area contributed by atoms with Crippen molar-refractivity contribution in [1.82, 2.24) is 4.98 Å². The molecule has 1 aromatic rings. The third-order valence-corrected chi connectivity index (χ3v) is 3.58. The first-order chi connectivity index (χ1) is 4.50. The van der Waals surface area contributed by atoms with Crippen LogP contribution in [0.5, 0.6) is 0 Å². The molecule has 10 heavy (non-hydrogen) atoms. The second-order valence-electron chi connectivity index (χ2n) is 1.70. The molecule has 0 saturated carbocycles. The van der Waals surface area contributed by atoms with Crippen LogP contribution in [0.15, 0.2) is 10.5 Å². The van der Waals surface area contributed by atoms with E-state index >= 15 is 0 Å². The largest absolute Gasteiger partial charge is 0.232 e. The van der Waals surface area contributed by atoms with Crippen LogP contribution in [0.1, 0.15) is 0 Å². The molecule has 0 atom stereocenters. The first-order valence-electron chi connectivity index (χ1n) is 2.31. The number of aromatic nitrogens is 1. The van der Waals surface area contributed by atoms with Gasteiger partial charge in [-0.3, -0.25) is 0 Å². The summed E-state index contributed by atoms with van der Waals surface area (Å²) in [5.74, 6) is 0. The second kappa shape index (κ2) is 2.48. The number of nitrogens with zero attached hydrogens (tertiary/aromatic N) is 1.